The van der Waals surface area contributed by atoms with E-state index in [4.69, 9.17) is 19.4 Å². The van der Waals surface area contributed by atoms with Gasteiger partial charge in [0.05, 0.1) is 32.1 Å². The fraction of sp³-hybridized carbons (Fsp3) is 0.500. The number of rotatable bonds is 8. The first kappa shape index (κ1) is 20.5. The van der Waals surface area contributed by atoms with Crippen molar-refractivity contribution in [2.45, 2.75) is 45.1 Å². The highest BCUT2D eigenvalue weighted by atomic mass is 32.1. The Labute approximate surface area is 187 Å². The van der Waals surface area contributed by atoms with Gasteiger partial charge in [-0.2, -0.15) is 0 Å². The van der Waals surface area contributed by atoms with E-state index in [1.807, 2.05) is 35.6 Å². The number of hydrogen-bond donors (Lipinski definition) is 2. The SMILES string of the molecule is COc1ccccc1OCCNc1nc(C[NH+]2CCCCC2)nc2sc3c(c12)CCC3. The van der Waals surface area contributed by atoms with Crippen molar-refractivity contribution < 1.29 is 14.4 Å². The minimum atomic E-state index is 0.547. The molecule has 3 heterocycles. The van der Waals surface area contributed by atoms with Crippen LogP contribution < -0.4 is 19.7 Å². The van der Waals surface area contributed by atoms with Crippen LogP contribution in [0.5, 0.6) is 11.5 Å². The smallest absolute Gasteiger partial charge is 0.187 e. The molecule has 0 bridgehead atoms. The van der Waals surface area contributed by atoms with Crippen LogP contribution in [0.3, 0.4) is 0 Å². The molecule has 31 heavy (non-hydrogen) atoms. The number of hydrogen-bond acceptors (Lipinski definition) is 6. The van der Waals surface area contributed by atoms with Gasteiger partial charge in [-0.05, 0) is 56.2 Å². The van der Waals surface area contributed by atoms with E-state index >= 15 is 0 Å². The molecule has 0 radical (unpaired) electrons. The molecule has 7 heteroatoms. The number of nitrogens with zero attached hydrogens (tertiary/aromatic N) is 2. The number of likely N-dealkylation sites (tertiary alicyclic amines) is 1. The second-order valence-electron chi connectivity index (χ2n) is 8.44. The number of aryl methyl sites for hydroxylation is 2. The van der Waals surface area contributed by atoms with E-state index < -0.39 is 0 Å². The molecule has 1 aliphatic carbocycles. The minimum Gasteiger partial charge on any atom is -0.493 e. The summed E-state index contributed by atoms with van der Waals surface area (Å²) in [6, 6.07) is 7.77. The van der Waals surface area contributed by atoms with Crippen LogP contribution in [-0.2, 0) is 19.4 Å². The lowest BCUT2D eigenvalue weighted by atomic mass is 10.1. The molecular weight excluding hydrogens is 408 g/mol. The Morgan fingerprint density at radius 2 is 1.87 bits per heavy atom. The molecule has 2 N–H and O–H groups in total. The maximum atomic E-state index is 5.96. The number of thiophene rings is 1. The zero-order chi connectivity index (χ0) is 21.0. The summed E-state index contributed by atoms with van der Waals surface area (Å²) in [6.07, 6.45) is 7.56. The number of nitrogens with one attached hydrogen (secondary N) is 2. The molecule has 0 saturated carbocycles. The third-order valence-corrected chi connectivity index (χ3v) is 7.49. The highest BCUT2D eigenvalue weighted by Crippen LogP contribution is 2.39. The van der Waals surface area contributed by atoms with Gasteiger partial charge in [-0.15, -0.1) is 11.3 Å². The van der Waals surface area contributed by atoms with E-state index in [0.717, 1.165) is 40.9 Å². The summed E-state index contributed by atoms with van der Waals surface area (Å²) in [6.45, 7) is 4.62. The maximum Gasteiger partial charge on any atom is 0.187 e. The molecule has 0 amide bonds. The Hall–Kier alpha value is -2.38. The van der Waals surface area contributed by atoms with Crippen molar-refractivity contribution in [1.29, 1.82) is 0 Å². The van der Waals surface area contributed by atoms with E-state index in [1.54, 1.807) is 12.0 Å². The quantitative estimate of drug-likeness (QED) is 0.528. The highest BCUT2D eigenvalue weighted by molar-refractivity contribution is 7.19. The molecule has 1 fully saturated rings. The number of para-hydroxylation sites is 2. The van der Waals surface area contributed by atoms with Crippen molar-refractivity contribution in [1.82, 2.24) is 9.97 Å². The van der Waals surface area contributed by atoms with Gasteiger partial charge < -0.3 is 19.7 Å². The molecule has 164 valence electrons. The molecule has 0 spiro atoms. The molecule has 2 aromatic heterocycles. The average Bonchev–Trinajstić information content (AvgIpc) is 3.38. The van der Waals surface area contributed by atoms with Gasteiger partial charge >= 0.3 is 0 Å². The van der Waals surface area contributed by atoms with E-state index in [9.17, 15) is 0 Å². The Balaban J connectivity index is 1.33. The predicted molar refractivity (Wildman–Crippen MR) is 125 cm³/mol. The summed E-state index contributed by atoms with van der Waals surface area (Å²) in [7, 11) is 1.67. The highest BCUT2D eigenvalue weighted by Gasteiger charge is 2.24. The molecule has 1 aromatic carbocycles. The van der Waals surface area contributed by atoms with Crippen LogP contribution in [0.4, 0.5) is 5.82 Å². The normalized spacial score (nSPS) is 16.4. The molecule has 2 aliphatic rings. The van der Waals surface area contributed by atoms with Gasteiger partial charge in [0.1, 0.15) is 23.8 Å². The van der Waals surface area contributed by atoms with E-state index in [-0.39, 0.29) is 0 Å². The second-order valence-corrected chi connectivity index (χ2v) is 9.52. The van der Waals surface area contributed by atoms with Gasteiger partial charge in [-0.3, -0.25) is 0 Å². The third-order valence-electron chi connectivity index (χ3n) is 6.30. The summed E-state index contributed by atoms with van der Waals surface area (Å²) >= 11 is 1.87. The third kappa shape index (κ3) is 4.48. The van der Waals surface area contributed by atoms with Crippen LogP contribution in [0, 0.1) is 0 Å². The van der Waals surface area contributed by atoms with Gasteiger partial charge in [-0.25, -0.2) is 9.97 Å². The number of aromatic nitrogens is 2. The van der Waals surface area contributed by atoms with Crippen molar-refractivity contribution in [3.05, 3.63) is 40.5 Å². The van der Waals surface area contributed by atoms with Gasteiger partial charge in [-0.1, -0.05) is 12.1 Å². The topological polar surface area (TPSA) is 60.7 Å². The monoisotopic (exact) mass is 439 g/mol. The van der Waals surface area contributed by atoms with Crippen LogP contribution in [-0.4, -0.2) is 43.3 Å². The van der Waals surface area contributed by atoms with Crippen molar-refractivity contribution in [2.24, 2.45) is 0 Å². The van der Waals surface area contributed by atoms with Gasteiger partial charge in [0, 0.05) is 4.88 Å². The summed E-state index contributed by atoms with van der Waals surface area (Å²) < 4.78 is 11.3. The molecule has 0 unspecified atom stereocenters. The lowest BCUT2D eigenvalue weighted by molar-refractivity contribution is -0.919. The van der Waals surface area contributed by atoms with E-state index in [0.29, 0.717) is 13.2 Å². The maximum absolute atomic E-state index is 5.96. The van der Waals surface area contributed by atoms with Crippen LogP contribution in [0.15, 0.2) is 24.3 Å². The number of anilines is 1. The summed E-state index contributed by atoms with van der Waals surface area (Å²) in [5, 5.41) is 4.81. The first-order valence-electron chi connectivity index (χ1n) is 11.5. The van der Waals surface area contributed by atoms with Gasteiger partial charge in [0.25, 0.3) is 0 Å². The van der Waals surface area contributed by atoms with Crippen LogP contribution in [0.1, 0.15) is 41.9 Å². The Kier molecular flexibility index (Phi) is 6.22. The Morgan fingerprint density at radius 1 is 1.03 bits per heavy atom. The predicted octanol–water partition coefficient (Wildman–Crippen LogP) is 3.25. The van der Waals surface area contributed by atoms with Gasteiger partial charge in [0.2, 0.25) is 0 Å². The largest absolute Gasteiger partial charge is 0.493 e. The van der Waals surface area contributed by atoms with Crippen molar-refractivity contribution >= 4 is 27.4 Å². The average molecular weight is 440 g/mol. The van der Waals surface area contributed by atoms with E-state index in [2.05, 4.69) is 5.32 Å². The minimum absolute atomic E-state index is 0.547. The lowest BCUT2D eigenvalue weighted by Crippen LogP contribution is -3.11. The molecule has 1 aliphatic heterocycles. The lowest BCUT2D eigenvalue weighted by Gasteiger charge is -2.23. The number of ether oxygens (including phenoxy) is 2. The van der Waals surface area contributed by atoms with Crippen molar-refractivity contribution in [2.75, 3.05) is 38.7 Å². The molecule has 5 rings (SSSR count). The van der Waals surface area contributed by atoms with Crippen LogP contribution >= 0.6 is 11.3 Å². The zero-order valence-corrected chi connectivity index (χ0v) is 19.0. The molecule has 6 nitrogen and oxygen atoms in total. The van der Waals surface area contributed by atoms with Crippen LogP contribution in [0.2, 0.25) is 0 Å². The van der Waals surface area contributed by atoms with Gasteiger partial charge in [0.15, 0.2) is 17.3 Å². The number of fused-ring (bicyclic) bond motifs is 3. The van der Waals surface area contributed by atoms with Crippen LogP contribution in [0.25, 0.3) is 10.2 Å². The van der Waals surface area contributed by atoms with Crippen molar-refractivity contribution in [3.63, 3.8) is 0 Å². The number of benzene rings is 1. The number of quaternary nitrogens is 1. The molecule has 3 aromatic rings. The van der Waals surface area contributed by atoms with E-state index in [1.165, 1.54) is 61.0 Å². The number of methoxy groups -OCH3 is 1. The number of piperidine rings is 1. The fourth-order valence-electron chi connectivity index (χ4n) is 4.77. The molecule has 0 atom stereocenters. The summed E-state index contributed by atoms with van der Waals surface area (Å²) in [5.74, 6) is 3.48. The Bertz CT molecular complexity index is 1050. The fourth-order valence-corrected chi connectivity index (χ4v) is 6.05. The molecular formula is C24H31N4O2S+. The first-order valence-corrected chi connectivity index (χ1v) is 12.3. The van der Waals surface area contributed by atoms with Crippen molar-refractivity contribution in [3.8, 4) is 11.5 Å². The standard InChI is InChI=1S/C24H30N4O2S/c1-29-18-9-3-4-10-19(18)30-15-12-25-23-22-17-8-7-11-20(17)31-24(22)27-21(26-23)16-28-13-5-2-6-14-28/h3-4,9-10H,2,5-8,11-16H2,1H3,(H,25,26,27)/p+1. The summed E-state index contributed by atoms with van der Waals surface area (Å²) in [4.78, 5) is 14.3. The zero-order valence-electron chi connectivity index (χ0n) is 18.2. The molecule has 1 saturated heterocycles. The Morgan fingerprint density at radius 3 is 2.71 bits per heavy atom. The first-order chi connectivity index (χ1) is 15.3. The summed E-state index contributed by atoms with van der Waals surface area (Å²) in [5.41, 5.74) is 1.46. The second kappa shape index (κ2) is 9.40.